The Bertz CT molecular complexity index is 1270. The van der Waals surface area contributed by atoms with Crippen molar-refractivity contribution in [1.82, 2.24) is 9.99 Å². The third-order valence-corrected chi connectivity index (χ3v) is 5.87. The predicted molar refractivity (Wildman–Crippen MR) is 137 cm³/mol. The number of para-hydroxylation sites is 1. The largest absolute Gasteiger partial charge is 0.342 e. The summed E-state index contributed by atoms with van der Waals surface area (Å²) in [7, 11) is 0. The van der Waals surface area contributed by atoms with Crippen LogP contribution >= 0.6 is 0 Å². The fraction of sp³-hybridized carbons (Fsp3) is 0.241. The predicted octanol–water partition coefficient (Wildman–Crippen LogP) is 5.99. The maximum atomic E-state index is 12.4. The van der Waals surface area contributed by atoms with Crippen LogP contribution in [0.2, 0.25) is 0 Å². The van der Waals surface area contributed by atoms with Crippen molar-refractivity contribution in [2.24, 2.45) is 5.10 Å². The van der Waals surface area contributed by atoms with Crippen LogP contribution in [-0.2, 0) is 23.2 Å². The normalized spacial score (nSPS) is 11.9. The van der Waals surface area contributed by atoms with Gasteiger partial charge in [-0.05, 0) is 35.1 Å². The molecule has 1 aromatic heterocycles. The van der Waals surface area contributed by atoms with E-state index in [0.717, 1.165) is 28.6 Å². The minimum atomic E-state index is -0.127. The topological polar surface area (TPSA) is 46.4 Å². The second kappa shape index (κ2) is 9.45. The molecule has 0 fully saturated rings. The van der Waals surface area contributed by atoms with Crippen LogP contribution in [0.5, 0.6) is 0 Å². The molecule has 0 aliphatic rings. The van der Waals surface area contributed by atoms with E-state index in [1.165, 1.54) is 16.7 Å². The lowest BCUT2D eigenvalue weighted by Gasteiger charge is -2.19. The van der Waals surface area contributed by atoms with E-state index in [4.69, 9.17) is 0 Å². The van der Waals surface area contributed by atoms with E-state index in [2.05, 4.69) is 97.5 Å². The van der Waals surface area contributed by atoms with Crippen molar-refractivity contribution in [3.05, 3.63) is 107 Å². The van der Waals surface area contributed by atoms with Gasteiger partial charge in [0.2, 0.25) is 5.91 Å². The van der Waals surface area contributed by atoms with Crippen molar-refractivity contribution in [3.8, 4) is 0 Å². The third kappa shape index (κ3) is 5.58. The van der Waals surface area contributed by atoms with Crippen LogP contribution in [0.25, 0.3) is 10.9 Å². The number of nitrogens with one attached hydrogen (secondary N) is 1. The summed E-state index contributed by atoms with van der Waals surface area (Å²) in [5.41, 5.74) is 9.63. The molecule has 1 amide bonds. The first-order valence-corrected chi connectivity index (χ1v) is 11.3. The van der Waals surface area contributed by atoms with Crippen molar-refractivity contribution in [2.75, 3.05) is 0 Å². The van der Waals surface area contributed by atoms with Crippen LogP contribution in [0.3, 0.4) is 0 Å². The molecule has 4 heteroatoms. The van der Waals surface area contributed by atoms with E-state index in [9.17, 15) is 4.79 Å². The van der Waals surface area contributed by atoms with Crippen LogP contribution < -0.4 is 5.43 Å². The zero-order valence-electron chi connectivity index (χ0n) is 19.8. The van der Waals surface area contributed by atoms with Crippen LogP contribution in [0.15, 0.2) is 84.1 Å². The van der Waals surface area contributed by atoms with Crippen molar-refractivity contribution >= 4 is 23.0 Å². The first-order valence-electron chi connectivity index (χ1n) is 11.3. The number of nitrogens with zero attached hydrogens (tertiary/aromatic N) is 2. The van der Waals surface area contributed by atoms with Gasteiger partial charge in [-0.1, -0.05) is 93.1 Å². The number of aromatic nitrogens is 1. The summed E-state index contributed by atoms with van der Waals surface area (Å²) in [6, 6.07) is 25.1. The highest BCUT2D eigenvalue weighted by Crippen LogP contribution is 2.23. The molecule has 4 nitrogen and oxygen atoms in total. The number of hydrogen-bond acceptors (Lipinski definition) is 2. The van der Waals surface area contributed by atoms with Gasteiger partial charge in [0.1, 0.15) is 0 Å². The molecule has 3 aromatic carbocycles. The van der Waals surface area contributed by atoms with E-state index in [-0.39, 0.29) is 11.3 Å². The molecular formula is C29H31N3O. The van der Waals surface area contributed by atoms with Crippen LogP contribution in [0.1, 0.15) is 48.6 Å². The van der Waals surface area contributed by atoms with Crippen LogP contribution in [0, 0.1) is 6.92 Å². The van der Waals surface area contributed by atoms with Gasteiger partial charge < -0.3 is 4.57 Å². The van der Waals surface area contributed by atoms with Crippen LogP contribution in [-0.4, -0.2) is 16.7 Å². The molecular weight excluding hydrogens is 406 g/mol. The molecule has 0 saturated heterocycles. The molecule has 0 saturated carbocycles. The fourth-order valence-electron chi connectivity index (χ4n) is 3.92. The number of fused-ring (bicyclic) bond motifs is 1. The SMILES string of the molecule is Cc1ccc(Cn2cc(/C=N\NC(=O)Cc3ccc(C(C)(C)C)cc3)c3ccccc32)cc1. The number of aryl methyl sites for hydroxylation is 1. The summed E-state index contributed by atoms with van der Waals surface area (Å²) in [6.45, 7) is 9.42. The van der Waals surface area contributed by atoms with Gasteiger partial charge in [-0.25, -0.2) is 5.43 Å². The number of rotatable bonds is 6. The second-order valence-corrected chi connectivity index (χ2v) is 9.63. The Balaban J connectivity index is 1.44. The molecule has 0 aliphatic heterocycles. The van der Waals surface area contributed by atoms with E-state index in [1.807, 2.05) is 24.3 Å². The summed E-state index contributed by atoms with van der Waals surface area (Å²) in [5.74, 6) is -0.127. The van der Waals surface area contributed by atoms with Gasteiger partial charge >= 0.3 is 0 Å². The van der Waals surface area contributed by atoms with E-state index >= 15 is 0 Å². The Morgan fingerprint density at radius 3 is 2.30 bits per heavy atom. The van der Waals surface area contributed by atoms with Gasteiger partial charge in [-0.15, -0.1) is 0 Å². The Morgan fingerprint density at radius 1 is 0.939 bits per heavy atom. The van der Waals surface area contributed by atoms with Gasteiger partial charge in [-0.2, -0.15) is 5.10 Å². The molecule has 0 unspecified atom stereocenters. The van der Waals surface area contributed by atoms with Gasteiger partial charge in [-0.3, -0.25) is 4.79 Å². The number of carbonyl (C=O) groups is 1. The lowest BCUT2D eigenvalue weighted by Crippen LogP contribution is -2.20. The highest BCUT2D eigenvalue weighted by Gasteiger charge is 2.13. The minimum absolute atomic E-state index is 0.101. The van der Waals surface area contributed by atoms with E-state index in [1.54, 1.807) is 6.21 Å². The van der Waals surface area contributed by atoms with Crippen LogP contribution in [0.4, 0.5) is 0 Å². The smallest absolute Gasteiger partial charge is 0.244 e. The summed E-state index contributed by atoms with van der Waals surface area (Å²) in [6.07, 6.45) is 4.12. The average molecular weight is 438 g/mol. The molecule has 4 aromatic rings. The first kappa shape index (κ1) is 22.5. The lowest BCUT2D eigenvalue weighted by atomic mass is 9.86. The molecule has 0 bridgehead atoms. The van der Waals surface area contributed by atoms with Gasteiger partial charge in [0.05, 0.1) is 12.6 Å². The quantitative estimate of drug-likeness (QED) is 0.292. The Kier molecular flexibility index (Phi) is 6.45. The standard InChI is InChI=1S/C29H31N3O/c1-21-9-11-23(12-10-21)19-32-20-24(26-7-5-6-8-27(26)32)18-30-31-28(33)17-22-13-15-25(16-14-22)29(2,3)4/h5-16,18,20H,17,19H2,1-4H3,(H,31,33)/b30-18-. The van der Waals surface area contributed by atoms with Crippen molar-refractivity contribution in [3.63, 3.8) is 0 Å². The minimum Gasteiger partial charge on any atom is -0.342 e. The Labute approximate surface area is 196 Å². The van der Waals surface area contributed by atoms with Gasteiger partial charge in [0.15, 0.2) is 0 Å². The first-order chi connectivity index (χ1) is 15.8. The lowest BCUT2D eigenvalue weighted by molar-refractivity contribution is -0.120. The average Bonchev–Trinajstić information content (AvgIpc) is 3.12. The summed E-state index contributed by atoms with van der Waals surface area (Å²) >= 11 is 0. The second-order valence-electron chi connectivity index (χ2n) is 9.63. The van der Waals surface area contributed by atoms with E-state index < -0.39 is 0 Å². The Morgan fingerprint density at radius 2 is 1.61 bits per heavy atom. The maximum absolute atomic E-state index is 12.4. The van der Waals surface area contributed by atoms with Crippen molar-refractivity contribution < 1.29 is 4.79 Å². The zero-order chi connectivity index (χ0) is 23.4. The summed E-state index contributed by atoms with van der Waals surface area (Å²) in [4.78, 5) is 12.4. The molecule has 168 valence electrons. The Hall–Kier alpha value is -3.66. The molecule has 0 atom stereocenters. The summed E-state index contributed by atoms with van der Waals surface area (Å²) < 4.78 is 2.22. The molecule has 0 spiro atoms. The highest BCUT2D eigenvalue weighted by molar-refractivity contribution is 5.99. The van der Waals surface area contributed by atoms with E-state index in [0.29, 0.717) is 6.42 Å². The monoisotopic (exact) mass is 437 g/mol. The van der Waals surface area contributed by atoms with Gasteiger partial charge in [0, 0.05) is 29.2 Å². The van der Waals surface area contributed by atoms with Gasteiger partial charge in [0.25, 0.3) is 0 Å². The molecule has 0 aliphatic carbocycles. The molecule has 33 heavy (non-hydrogen) atoms. The molecule has 4 rings (SSSR count). The fourth-order valence-corrected chi connectivity index (χ4v) is 3.92. The molecule has 1 heterocycles. The summed E-state index contributed by atoms with van der Waals surface area (Å²) in [5, 5.41) is 5.35. The highest BCUT2D eigenvalue weighted by atomic mass is 16.2. The zero-order valence-corrected chi connectivity index (χ0v) is 19.8. The number of hydrogen-bond donors (Lipinski definition) is 1. The van der Waals surface area contributed by atoms with Crippen molar-refractivity contribution in [1.29, 1.82) is 0 Å². The number of amides is 1. The maximum Gasteiger partial charge on any atom is 0.244 e. The molecule has 0 radical (unpaired) electrons. The number of carbonyl (C=O) groups excluding carboxylic acids is 1. The van der Waals surface area contributed by atoms with Crippen molar-refractivity contribution in [2.45, 2.75) is 46.1 Å². The number of hydrazone groups is 1. The number of benzene rings is 3. The molecule has 1 N–H and O–H groups in total. The third-order valence-electron chi connectivity index (χ3n) is 5.87.